The van der Waals surface area contributed by atoms with Gasteiger partial charge in [0.1, 0.15) is 5.54 Å². The Labute approximate surface area is 101 Å². The molecule has 17 heavy (non-hydrogen) atoms. The molecule has 0 radical (unpaired) electrons. The van der Waals surface area contributed by atoms with Crippen LogP contribution in [0.3, 0.4) is 0 Å². The van der Waals surface area contributed by atoms with Crippen LogP contribution in [0.1, 0.15) is 26.0 Å². The molecule has 0 aliphatic heterocycles. The van der Waals surface area contributed by atoms with E-state index in [1.807, 2.05) is 19.1 Å². The second-order valence-corrected chi connectivity index (χ2v) is 4.02. The molecule has 1 unspecified atom stereocenters. The predicted molar refractivity (Wildman–Crippen MR) is 64.0 cm³/mol. The lowest BCUT2D eigenvalue weighted by molar-refractivity contribution is -0.144. The van der Waals surface area contributed by atoms with Gasteiger partial charge in [0.25, 0.3) is 0 Å². The van der Waals surface area contributed by atoms with Gasteiger partial charge in [-0.2, -0.15) is 0 Å². The van der Waals surface area contributed by atoms with Crippen LogP contribution in [0.5, 0.6) is 5.88 Å². The Morgan fingerprint density at radius 1 is 1.59 bits per heavy atom. The van der Waals surface area contributed by atoms with E-state index in [2.05, 4.69) is 10.3 Å². The fourth-order valence-corrected chi connectivity index (χ4v) is 1.31. The Hall–Kier alpha value is -1.62. The topological polar surface area (TPSA) is 71.5 Å². The summed E-state index contributed by atoms with van der Waals surface area (Å²) in [6.07, 6.45) is 0.506. The van der Waals surface area contributed by atoms with Crippen LogP contribution in [0.25, 0.3) is 0 Å². The largest absolute Gasteiger partial charge is 0.481 e. The molecule has 0 bridgehead atoms. The zero-order chi connectivity index (χ0) is 12.9. The van der Waals surface area contributed by atoms with Crippen LogP contribution in [0, 0.1) is 0 Å². The molecule has 0 spiro atoms. The molecule has 0 saturated heterocycles. The summed E-state index contributed by atoms with van der Waals surface area (Å²) in [5.41, 5.74) is -0.171. The lowest BCUT2D eigenvalue weighted by Crippen LogP contribution is -2.48. The van der Waals surface area contributed by atoms with Crippen molar-refractivity contribution >= 4 is 5.97 Å². The van der Waals surface area contributed by atoms with E-state index in [0.717, 1.165) is 5.69 Å². The first-order chi connectivity index (χ1) is 8.01. The summed E-state index contributed by atoms with van der Waals surface area (Å²) >= 11 is 0. The number of pyridine rings is 1. The highest BCUT2D eigenvalue weighted by molar-refractivity contribution is 5.78. The van der Waals surface area contributed by atoms with Gasteiger partial charge in [-0.1, -0.05) is 13.0 Å². The number of rotatable bonds is 6. The normalized spacial score (nSPS) is 14.1. The summed E-state index contributed by atoms with van der Waals surface area (Å²) < 4.78 is 5.01. The summed E-state index contributed by atoms with van der Waals surface area (Å²) in [4.78, 5) is 15.3. The van der Waals surface area contributed by atoms with E-state index in [4.69, 9.17) is 9.84 Å². The standard InChI is InChI=1S/C12H18N2O3/c1-4-12(2,11(15)16)13-8-9-6-5-7-10(14-9)17-3/h5-7,13H,4,8H2,1-3H3,(H,15,16). The maximum atomic E-state index is 11.1. The molecule has 0 aromatic carbocycles. The lowest BCUT2D eigenvalue weighted by Gasteiger charge is -2.24. The SMILES string of the molecule is CCC(C)(NCc1cccc(OC)n1)C(=O)O. The zero-order valence-electron chi connectivity index (χ0n) is 10.4. The van der Waals surface area contributed by atoms with E-state index < -0.39 is 11.5 Å². The van der Waals surface area contributed by atoms with Gasteiger partial charge in [0.15, 0.2) is 0 Å². The molecule has 1 aromatic heterocycles. The molecule has 94 valence electrons. The van der Waals surface area contributed by atoms with Gasteiger partial charge in [-0.15, -0.1) is 0 Å². The summed E-state index contributed by atoms with van der Waals surface area (Å²) in [6.45, 7) is 3.89. The number of aliphatic carboxylic acids is 1. The number of hydrogen-bond donors (Lipinski definition) is 2. The van der Waals surface area contributed by atoms with Crippen molar-refractivity contribution in [2.75, 3.05) is 7.11 Å². The van der Waals surface area contributed by atoms with Gasteiger partial charge in [-0.3, -0.25) is 10.1 Å². The molecule has 1 rings (SSSR count). The first kappa shape index (κ1) is 13.4. The fraction of sp³-hybridized carbons (Fsp3) is 0.500. The van der Waals surface area contributed by atoms with Crippen molar-refractivity contribution in [1.29, 1.82) is 0 Å². The molecule has 0 fully saturated rings. The fourth-order valence-electron chi connectivity index (χ4n) is 1.31. The van der Waals surface area contributed by atoms with E-state index in [1.54, 1.807) is 20.1 Å². The quantitative estimate of drug-likeness (QED) is 0.784. The van der Waals surface area contributed by atoms with Crippen LogP contribution < -0.4 is 10.1 Å². The monoisotopic (exact) mass is 238 g/mol. The van der Waals surface area contributed by atoms with Crippen molar-refractivity contribution in [2.45, 2.75) is 32.4 Å². The first-order valence-electron chi connectivity index (χ1n) is 5.50. The second-order valence-electron chi connectivity index (χ2n) is 4.02. The van der Waals surface area contributed by atoms with Gasteiger partial charge in [-0.05, 0) is 19.4 Å². The number of carboxylic acid groups (broad SMARTS) is 1. The molecule has 2 N–H and O–H groups in total. The van der Waals surface area contributed by atoms with Crippen molar-refractivity contribution in [3.63, 3.8) is 0 Å². The molecule has 0 saturated carbocycles. The minimum Gasteiger partial charge on any atom is -0.481 e. The van der Waals surface area contributed by atoms with Crippen LogP contribution >= 0.6 is 0 Å². The molecule has 5 heteroatoms. The molecule has 5 nitrogen and oxygen atoms in total. The summed E-state index contributed by atoms with van der Waals surface area (Å²) in [5, 5.41) is 12.1. The molecular weight excluding hydrogens is 220 g/mol. The highest BCUT2D eigenvalue weighted by atomic mass is 16.5. The van der Waals surface area contributed by atoms with Crippen molar-refractivity contribution in [1.82, 2.24) is 10.3 Å². The highest BCUT2D eigenvalue weighted by Gasteiger charge is 2.30. The van der Waals surface area contributed by atoms with Gasteiger partial charge < -0.3 is 9.84 Å². The van der Waals surface area contributed by atoms with E-state index in [-0.39, 0.29) is 0 Å². The number of methoxy groups -OCH3 is 1. The Morgan fingerprint density at radius 2 is 2.29 bits per heavy atom. The highest BCUT2D eigenvalue weighted by Crippen LogP contribution is 2.12. The van der Waals surface area contributed by atoms with Crippen LogP contribution in [-0.4, -0.2) is 28.7 Å². The zero-order valence-corrected chi connectivity index (χ0v) is 10.4. The van der Waals surface area contributed by atoms with Crippen molar-refractivity contribution < 1.29 is 14.6 Å². The molecular formula is C12H18N2O3. The molecule has 1 aromatic rings. The lowest BCUT2D eigenvalue weighted by atomic mass is 9.99. The average Bonchev–Trinajstić information content (AvgIpc) is 2.36. The predicted octanol–water partition coefficient (Wildman–Crippen LogP) is 1.43. The van der Waals surface area contributed by atoms with E-state index in [9.17, 15) is 4.79 Å². The van der Waals surface area contributed by atoms with Crippen LogP contribution in [0.4, 0.5) is 0 Å². The minimum atomic E-state index is -0.926. The first-order valence-corrected chi connectivity index (χ1v) is 5.50. The average molecular weight is 238 g/mol. The maximum Gasteiger partial charge on any atom is 0.323 e. The van der Waals surface area contributed by atoms with Crippen LogP contribution in [-0.2, 0) is 11.3 Å². The Balaban J connectivity index is 2.69. The minimum absolute atomic E-state index is 0.397. The Morgan fingerprint density at radius 3 is 2.82 bits per heavy atom. The van der Waals surface area contributed by atoms with Gasteiger partial charge in [0.05, 0.1) is 12.8 Å². The third-order valence-corrected chi connectivity index (χ3v) is 2.83. The molecule has 1 heterocycles. The number of nitrogens with one attached hydrogen (secondary N) is 1. The van der Waals surface area contributed by atoms with Gasteiger partial charge in [-0.25, -0.2) is 4.98 Å². The summed E-state index contributed by atoms with van der Waals surface area (Å²) in [6, 6.07) is 5.40. The van der Waals surface area contributed by atoms with Gasteiger partial charge in [0.2, 0.25) is 5.88 Å². The van der Waals surface area contributed by atoms with Gasteiger partial charge >= 0.3 is 5.97 Å². The molecule has 0 aliphatic carbocycles. The van der Waals surface area contributed by atoms with Crippen LogP contribution in [0.2, 0.25) is 0 Å². The summed E-state index contributed by atoms with van der Waals surface area (Å²) in [5.74, 6) is -0.333. The van der Waals surface area contributed by atoms with Crippen molar-refractivity contribution in [2.24, 2.45) is 0 Å². The van der Waals surface area contributed by atoms with E-state index in [0.29, 0.717) is 18.8 Å². The number of hydrogen-bond acceptors (Lipinski definition) is 4. The number of carboxylic acids is 1. The third kappa shape index (κ3) is 3.42. The number of carbonyl (C=O) groups is 1. The number of nitrogens with zero attached hydrogens (tertiary/aromatic N) is 1. The second kappa shape index (κ2) is 5.63. The smallest absolute Gasteiger partial charge is 0.323 e. The van der Waals surface area contributed by atoms with Gasteiger partial charge in [0, 0.05) is 12.6 Å². The maximum absolute atomic E-state index is 11.1. The third-order valence-electron chi connectivity index (χ3n) is 2.83. The van der Waals surface area contributed by atoms with Crippen molar-refractivity contribution in [3.8, 4) is 5.88 Å². The Kier molecular flexibility index (Phi) is 4.45. The summed E-state index contributed by atoms with van der Waals surface area (Å²) in [7, 11) is 1.55. The van der Waals surface area contributed by atoms with Crippen LogP contribution in [0.15, 0.2) is 18.2 Å². The molecule has 0 amide bonds. The van der Waals surface area contributed by atoms with E-state index in [1.165, 1.54) is 0 Å². The molecule has 1 atom stereocenters. The Bertz CT molecular complexity index is 395. The molecule has 0 aliphatic rings. The number of ether oxygens (including phenoxy) is 1. The number of aromatic nitrogens is 1. The van der Waals surface area contributed by atoms with E-state index >= 15 is 0 Å². The van der Waals surface area contributed by atoms with Crippen molar-refractivity contribution in [3.05, 3.63) is 23.9 Å².